The number of carbonyl (C=O) groups is 1. The number of nitrogens with zero attached hydrogens (tertiary/aromatic N) is 2. The van der Waals surface area contributed by atoms with Crippen LogP contribution >= 0.6 is 0 Å². The van der Waals surface area contributed by atoms with E-state index in [1.807, 2.05) is 26.0 Å². The monoisotopic (exact) mass is 291 g/mol. The van der Waals surface area contributed by atoms with Crippen LogP contribution in [0.5, 0.6) is 0 Å². The zero-order valence-electron chi connectivity index (χ0n) is 13.1. The number of aromatic nitrogens is 1. The van der Waals surface area contributed by atoms with Crippen molar-refractivity contribution in [1.29, 1.82) is 0 Å². The zero-order chi connectivity index (χ0) is 15.2. The first-order valence-corrected chi connectivity index (χ1v) is 7.79. The number of nitrogens with one attached hydrogen (secondary N) is 1. The Labute approximate surface area is 126 Å². The van der Waals surface area contributed by atoms with Gasteiger partial charge in [-0.15, -0.1) is 0 Å². The van der Waals surface area contributed by atoms with Crippen molar-refractivity contribution in [2.75, 3.05) is 25.0 Å². The normalized spacial score (nSPS) is 19.3. The van der Waals surface area contributed by atoms with Crippen LogP contribution < -0.4 is 5.32 Å². The Morgan fingerprint density at radius 1 is 1.52 bits per heavy atom. The number of pyridine rings is 1. The lowest BCUT2D eigenvalue weighted by molar-refractivity contribution is 0.0767. The average molecular weight is 291 g/mol. The summed E-state index contributed by atoms with van der Waals surface area (Å²) in [5.41, 5.74) is 1.41. The van der Waals surface area contributed by atoms with Crippen molar-refractivity contribution in [3.63, 3.8) is 0 Å². The Morgan fingerprint density at radius 2 is 2.29 bits per heavy atom. The van der Waals surface area contributed by atoms with E-state index in [1.54, 1.807) is 11.1 Å². The second-order valence-electron chi connectivity index (χ2n) is 5.39. The van der Waals surface area contributed by atoms with Gasteiger partial charge in [0.1, 0.15) is 5.69 Å². The van der Waals surface area contributed by atoms with Crippen molar-refractivity contribution in [3.05, 3.63) is 24.0 Å². The van der Waals surface area contributed by atoms with Gasteiger partial charge in [0.05, 0.1) is 6.10 Å². The van der Waals surface area contributed by atoms with Gasteiger partial charge in [-0.25, -0.2) is 0 Å². The number of ether oxygens (including phenoxy) is 1. The molecule has 1 aliphatic rings. The maximum atomic E-state index is 12.3. The Kier molecular flexibility index (Phi) is 5.56. The summed E-state index contributed by atoms with van der Waals surface area (Å²) < 4.78 is 5.68. The number of carbonyl (C=O) groups excluding carboxylic acids is 1. The number of rotatable bonds is 6. The molecule has 1 aliphatic heterocycles. The standard InChI is InChI=1S/C16H25N3O2/c1-4-19(5-2)16(20)14-11-13(8-9-17-14)18-12(3)15-7-6-10-21-15/h8-9,11-12,15H,4-7,10H2,1-3H3,(H,17,18). The second-order valence-corrected chi connectivity index (χ2v) is 5.39. The number of hydrogen-bond donors (Lipinski definition) is 1. The van der Waals surface area contributed by atoms with E-state index in [-0.39, 0.29) is 18.1 Å². The lowest BCUT2D eigenvalue weighted by Crippen LogP contribution is -2.32. The number of hydrogen-bond acceptors (Lipinski definition) is 4. The summed E-state index contributed by atoms with van der Waals surface area (Å²) in [5, 5.41) is 3.42. The Bertz CT molecular complexity index is 468. The molecule has 0 saturated carbocycles. The largest absolute Gasteiger partial charge is 0.380 e. The van der Waals surface area contributed by atoms with Gasteiger partial charge in [-0.05, 0) is 45.7 Å². The van der Waals surface area contributed by atoms with Crippen LogP contribution in [0.4, 0.5) is 5.69 Å². The molecule has 1 fully saturated rings. The predicted molar refractivity (Wildman–Crippen MR) is 83.5 cm³/mol. The molecular formula is C16H25N3O2. The summed E-state index contributed by atoms with van der Waals surface area (Å²) in [6.45, 7) is 8.30. The molecule has 2 unspecified atom stereocenters. The van der Waals surface area contributed by atoms with Crippen LogP contribution in [0, 0.1) is 0 Å². The second kappa shape index (κ2) is 7.41. The molecule has 2 heterocycles. The number of amides is 1. The highest BCUT2D eigenvalue weighted by Gasteiger charge is 2.22. The molecule has 0 spiro atoms. The molecule has 1 N–H and O–H groups in total. The van der Waals surface area contributed by atoms with Crippen LogP contribution in [0.25, 0.3) is 0 Å². The highest BCUT2D eigenvalue weighted by molar-refractivity contribution is 5.93. The van der Waals surface area contributed by atoms with Gasteiger partial charge in [0.15, 0.2) is 0 Å². The summed E-state index contributed by atoms with van der Waals surface area (Å²) >= 11 is 0. The minimum Gasteiger partial charge on any atom is -0.380 e. The van der Waals surface area contributed by atoms with Crippen molar-refractivity contribution in [1.82, 2.24) is 9.88 Å². The summed E-state index contributed by atoms with van der Waals surface area (Å²) in [6, 6.07) is 3.95. The zero-order valence-corrected chi connectivity index (χ0v) is 13.1. The van der Waals surface area contributed by atoms with E-state index in [1.165, 1.54) is 0 Å². The third-order valence-electron chi connectivity index (χ3n) is 3.95. The molecule has 0 aliphatic carbocycles. The van der Waals surface area contributed by atoms with Gasteiger partial charge in [-0.1, -0.05) is 0 Å². The predicted octanol–water partition coefficient (Wildman–Crippen LogP) is 2.54. The van der Waals surface area contributed by atoms with E-state index < -0.39 is 0 Å². The van der Waals surface area contributed by atoms with Crippen LogP contribution in [0.1, 0.15) is 44.1 Å². The minimum atomic E-state index is -0.0200. The lowest BCUT2D eigenvalue weighted by atomic mass is 10.1. The highest BCUT2D eigenvalue weighted by Crippen LogP contribution is 2.19. The van der Waals surface area contributed by atoms with Gasteiger partial charge >= 0.3 is 0 Å². The van der Waals surface area contributed by atoms with E-state index in [4.69, 9.17) is 4.74 Å². The maximum Gasteiger partial charge on any atom is 0.272 e. The van der Waals surface area contributed by atoms with E-state index >= 15 is 0 Å². The highest BCUT2D eigenvalue weighted by atomic mass is 16.5. The molecule has 5 heteroatoms. The van der Waals surface area contributed by atoms with Gasteiger partial charge < -0.3 is 15.0 Å². The topological polar surface area (TPSA) is 54.5 Å². The first kappa shape index (κ1) is 15.8. The third-order valence-corrected chi connectivity index (χ3v) is 3.95. The Hall–Kier alpha value is -1.62. The summed E-state index contributed by atoms with van der Waals surface area (Å²) in [4.78, 5) is 18.3. The first-order chi connectivity index (χ1) is 10.2. The summed E-state index contributed by atoms with van der Waals surface area (Å²) in [6.07, 6.45) is 4.14. The molecule has 1 aromatic rings. The van der Waals surface area contributed by atoms with Crippen LogP contribution in [0.15, 0.2) is 18.3 Å². The fourth-order valence-electron chi connectivity index (χ4n) is 2.66. The van der Waals surface area contributed by atoms with Gasteiger partial charge in [0.25, 0.3) is 5.91 Å². The van der Waals surface area contributed by atoms with Gasteiger partial charge in [-0.3, -0.25) is 9.78 Å². The van der Waals surface area contributed by atoms with Crippen molar-refractivity contribution >= 4 is 11.6 Å². The van der Waals surface area contributed by atoms with E-state index in [2.05, 4.69) is 17.2 Å². The molecule has 1 aromatic heterocycles. The third kappa shape index (κ3) is 3.94. The fourth-order valence-corrected chi connectivity index (χ4v) is 2.66. The van der Waals surface area contributed by atoms with Crippen molar-refractivity contribution in [2.45, 2.75) is 45.8 Å². The number of anilines is 1. The van der Waals surface area contributed by atoms with Gasteiger partial charge in [0, 0.05) is 37.6 Å². The van der Waals surface area contributed by atoms with Crippen LogP contribution in [-0.2, 0) is 4.74 Å². The van der Waals surface area contributed by atoms with Gasteiger partial charge in [-0.2, -0.15) is 0 Å². The van der Waals surface area contributed by atoms with Crippen molar-refractivity contribution < 1.29 is 9.53 Å². The van der Waals surface area contributed by atoms with Crippen molar-refractivity contribution in [2.24, 2.45) is 0 Å². The molecule has 0 bridgehead atoms. The molecule has 2 atom stereocenters. The van der Waals surface area contributed by atoms with E-state index in [0.717, 1.165) is 25.1 Å². The fraction of sp³-hybridized carbons (Fsp3) is 0.625. The Balaban J connectivity index is 2.04. The van der Waals surface area contributed by atoms with E-state index in [9.17, 15) is 4.79 Å². The lowest BCUT2D eigenvalue weighted by Gasteiger charge is -2.22. The quantitative estimate of drug-likeness (QED) is 0.875. The summed E-state index contributed by atoms with van der Waals surface area (Å²) in [7, 11) is 0. The molecule has 0 radical (unpaired) electrons. The van der Waals surface area contributed by atoms with Crippen molar-refractivity contribution in [3.8, 4) is 0 Å². The molecule has 2 rings (SSSR count). The SMILES string of the molecule is CCN(CC)C(=O)c1cc(NC(C)C2CCCO2)ccn1. The van der Waals surface area contributed by atoms with Crippen LogP contribution in [0.3, 0.4) is 0 Å². The average Bonchev–Trinajstić information content (AvgIpc) is 3.03. The molecule has 21 heavy (non-hydrogen) atoms. The minimum absolute atomic E-state index is 0.0200. The molecule has 5 nitrogen and oxygen atoms in total. The summed E-state index contributed by atoms with van der Waals surface area (Å²) in [5.74, 6) is -0.0200. The molecule has 1 amide bonds. The van der Waals surface area contributed by atoms with Gasteiger partial charge in [0.2, 0.25) is 0 Å². The van der Waals surface area contributed by atoms with Crippen LogP contribution in [0.2, 0.25) is 0 Å². The van der Waals surface area contributed by atoms with Crippen LogP contribution in [-0.4, -0.2) is 47.6 Å². The Morgan fingerprint density at radius 3 is 2.90 bits per heavy atom. The maximum absolute atomic E-state index is 12.3. The molecular weight excluding hydrogens is 266 g/mol. The molecule has 116 valence electrons. The molecule has 0 aromatic carbocycles. The smallest absolute Gasteiger partial charge is 0.272 e. The molecule has 1 saturated heterocycles. The van der Waals surface area contributed by atoms with E-state index in [0.29, 0.717) is 18.8 Å². The first-order valence-electron chi connectivity index (χ1n) is 7.79.